The van der Waals surface area contributed by atoms with Gasteiger partial charge in [-0.05, 0) is 41.0 Å². The van der Waals surface area contributed by atoms with Crippen LogP contribution in [0.5, 0.6) is 0 Å². The molecule has 32 heavy (non-hydrogen) atoms. The zero-order chi connectivity index (χ0) is 21.8. The van der Waals surface area contributed by atoms with Crippen molar-refractivity contribution in [3.63, 3.8) is 0 Å². The van der Waals surface area contributed by atoms with Crippen molar-refractivity contribution in [2.24, 2.45) is 0 Å². The number of rotatable bonds is 4. The van der Waals surface area contributed by atoms with E-state index in [1.54, 1.807) is 0 Å². The van der Waals surface area contributed by atoms with Crippen LogP contribution in [0.1, 0.15) is 22.3 Å². The van der Waals surface area contributed by atoms with E-state index in [1.807, 2.05) is 103 Å². The summed E-state index contributed by atoms with van der Waals surface area (Å²) < 4.78 is 0. The Hall–Kier alpha value is -4.52. The molecule has 150 valence electrons. The first kappa shape index (κ1) is 20.7. The van der Waals surface area contributed by atoms with Crippen LogP contribution in [0.4, 0.5) is 0 Å². The minimum atomic E-state index is 0.889. The van der Waals surface area contributed by atoms with Gasteiger partial charge in [0.15, 0.2) is 0 Å². The third-order valence-corrected chi connectivity index (χ3v) is 4.79. The first-order chi connectivity index (χ1) is 15.9. The molecule has 0 amide bonds. The average molecular weight is 407 g/mol. The molecule has 0 atom stereocenters. The Balaban J connectivity index is 1.89. The fourth-order valence-corrected chi connectivity index (χ4v) is 3.19. The second-order valence-corrected chi connectivity index (χ2v) is 7.15. The summed E-state index contributed by atoms with van der Waals surface area (Å²) in [5, 5.41) is 0. The number of benzene rings is 4. The second-order valence-electron chi connectivity index (χ2n) is 7.15. The van der Waals surface area contributed by atoms with E-state index in [9.17, 15) is 0 Å². The van der Waals surface area contributed by atoms with E-state index in [2.05, 4.69) is 53.6 Å². The van der Waals surface area contributed by atoms with Crippen molar-refractivity contribution >= 4 is 17.7 Å². The maximum atomic E-state index is 3.39. The molecular weight excluding hydrogens is 384 g/mol. The van der Waals surface area contributed by atoms with Crippen molar-refractivity contribution in [2.75, 3.05) is 0 Å². The molecule has 0 aliphatic rings. The van der Waals surface area contributed by atoms with Crippen LogP contribution in [-0.2, 0) is 0 Å². The van der Waals surface area contributed by atoms with Gasteiger partial charge in [-0.15, -0.1) is 0 Å². The largest absolute Gasteiger partial charge is 0.0689 e. The van der Waals surface area contributed by atoms with Gasteiger partial charge >= 0.3 is 0 Å². The number of hydrogen-bond acceptors (Lipinski definition) is 0. The van der Waals surface area contributed by atoms with E-state index in [1.165, 1.54) is 0 Å². The second kappa shape index (κ2) is 11.0. The molecule has 4 rings (SSSR count). The van der Waals surface area contributed by atoms with E-state index in [0.29, 0.717) is 0 Å². The highest BCUT2D eigenvalue weighted by Crippen LogP contribution is 2.24. The summed E-state index contributed by atoms with van der Waals surface area (Å²) in [5.74, 6) is 6.70. The Morgan fingerprint density at radius 2 is 1.09 bits per heavy atom. The van der Waals surface area contributed by atoms with Crippen molar-refractivity contribution in [1.82, 2.24) is 0 Å². The quantitative estimate of drug-likeness (QED) is 0.185. The lowest BCUT2D eigenvalue weighted by atomic mass is 9.96. The molecule has 0 saturated carbocycles. The molecular formula is C32H22. The molecule has 0 unspecified atom stereocenters. The van der Waals surface area contributed by atoms with Gasteiger partial charge in [-0.25, -0.2) is 0 Å². The average Bonchev–Trinajstić information content (AvgIpc) is 2.87. The Morgan fingerprint density at radius 3 is 1.72 bits per heavy atom. The maximum Gasteiger partial charge on any atom is 0.0478 e. The summed E-state index contributed by atoms with van der Waals surface area (Å²) >= 11 is 0. The third kappa shape index (κ3) is 5.99. The predicted molar refractivity (Wildman–Crippen MR) is 136 cm³/mol. The molecule has 4 aromatic carbocycles. The van der Waals surface area contributed by atoms with E-state index < -0.39 is 0 Å². The summed E-state index contributed by atoms with van der Waals surface area (Å²) in [7, 11) is 0. The standard InChI is InChI=1S/C32H22/c1-5-14-27(15-6-1)20-13-23-32(30-21-11-4-12-22-30)31(26-29-18-9-3-10-19-29)25-24-28-16-7-2-8-17-28/h1-12,14-22,26H. The van der Waals surface area contributed by atoms with Gasteiger partial charge in [0.05, 0.1) is 0 Å². The molecule has 0 nitrogen and oxygen atoms in total. The fourth-order valence-electron chi connectivity index (χ4n) is 3.19. The topological polar surface area (TPSA) is 0 Å². The van der Waals surface area contributed by atoms with Crippen molar-refractivity contribution < 1.29 is 0 Å². The van der Waals surface area contributed by atoms with Crippen LogP contribution in [0.3, 0.4) is 0 Å². The zero-order valence-electron chi connectivity index (χ0n) is 17.7. The summed E-state index contributed by atoms with van der Waals surface area (Å²) in [5.41, 5.74) is 12.6. The summed E-state index contributed by atoms with van der Waals surface area (Å²) in [4.78, 5) is 0. The Labute approximate surface area is 190 Å². The smallest absolute Gasteiger partial charge is 0.0478 e. The molecule has 0 radical (unpaired) electrons. The fraction of sp³-hybridized carbons (Fsp3) is 0. The lowest BCUT2D eigenvalue weighted by Crippen LogP contribution is -1.88. The molecule has 0 fully saturated rings. The van der Waals surface area contributed by atoms with Crippen LogP contribution in [-0.4, -0.2) is 0 Å². The van der Waals surface area contributed by atoms with Crippen LogP contribution in [0.25, 0.3) is 17.7 Å². The van der Waals surface area contributed by atoms with E-state index in [0.717, 1.165) is 33.4 Å². The molecule has 0 N–H and O–H groups in total. The first-order valence-electron chi connectivity index (χ1n) is 10.5. The highest BCUT2D eigenvalue weighted by Gasteiger charge is 2.06. The Kier molecular flexibility index (Phi) is 7.15. The van der Waals surface area contributed by atoms with Crippen LogP contribution in [0.2, 0.25) is 0 Å². The summed E-state index contributed by atoms with van der Waals surface area (Å²) in [6.45, 7) is 0. The minimum absolute atomic E-state index is 0.889. The van der Waals surface area contributed by atoms with Crippen molar-refractivity contribution in [2.45, 2.75) is 0 Å². The SMILES string of the molecule is C(=C=C(C(C#Cc1ccccc1)=Cc1ccccc1)c1ccccc1)=Cc1ccccc1. The van der Waals surface area contributed by atoms with Crippen molar-refractivity contribution in [1.29, 1.82) is 0 Å². The molecule has 0 spiro atoms. The van der Waals surface area contributed by atoms with Crippen LogP contribution in [0, 0.1) is 11.8 Å². The molecule has 0 bridgehead atoms. The monoisotopic (exact) mass is 406 g/mol. The normalized spacial score (nSPS) is 10.2. The van der Waals surface area contributed by atoms with Gasteiger partial charge in [-0.1, -0.05) is 132 Å². The van der Waals surface area contributed by atoms with Gasteiger partial charge in [0.2, 0.25) is 0 Å². The minimum Gasteiger partial charge on any atom is -0.0689 e. The van der Waals surface area contributed by atoms with Crippen molar-refractivity contribution in [3.05, 3.63) is 161 Å². The third-order valence-electron chi connectivity index (χ3n) is 4.79. The Bertz CT molecular complexity index is 1340. The highest BCUT2D eigenvalue weighted by molar-refractivity contribution is 5.89. The molecule has 0 saturated heterocycles. The first-order valence-corrected chi connectivity index (χ1v) is 10.5. The Morgan fingerprint density at radius 1 is 0.562 bits per heavy atom. The molecule has 0 heterocycles. The van der Waals surface area contributed by atoms with Crippen LogP contribution >= 0.6 is 0 Å². The van der Waals surface area contributed by atoms with Gasteiger partial charge in [-0.2, -0.15) is 0 Å². The molecule has 0 aromatic heterocycles. The molecule has 0 heteroatoms. The molecule has 0 aliphatic carbocycles. The zero-order valence-corrected chi connectivity index (χ0v) is 17.7. The van der Waals surface area contributed by atoms with Gasteiger partial charge in [0.1, 0.15) is 0 Å². The lowest BCUT2D eigenvalue weighted by molar-refractivity contribution is 1.59. The number of hydrogen-bond donors (Lipinski definition) is 0. The van der Waals surface area contributed by atoms with Gasteiger partial charge in [0.25, 0.3) is 0 Å². The van der Waals surface area contributed by atoms with E-state index in [-0.39, 0.29) is 0 Å². The van der Waals surface area contributed by atoms with Gasteiger partial charge in [-0.3, -0.25) is 0 Å². The lowest BCUT2D eigenvalue weighted by Gasteiger charge is -2.05. The maximum absolute atomic E-state index is 3.39. The van der Waals surface area contributed by atoms with Gasteiger partial charge in [0, 0.05) is 16.7 Å². The van der Waals surface area contributed by atoms with Crippen LogP contribution in [0.15, 0.2) is 138 Å². The van der Waals surface area contributed by atoms with E-state index >= 15 is 0 Å². The molecule has 0 aliphatic heterocycles. The number of allylic oxidation sites excluding steroid dienone is 2. The van der Waals surface area contributed by atoms with Gasteiger partial charge < -0.3 is 0 Å². The predicted octanol–water partition coefficient (Wildman–Crippen LogP) is 7.67. The van der Waals surface area contributed by atoms with Crippen LogP contribution < -0.4 is 0 Å². The summed E-state index contributed by atoms with van der Waals surface area (Å²) in [6, 6.07) is 40.6. The summed E-state index contributed by atoms with van der Waals surface area (Å²) in [6.07, 6.45) is 4.04. The van der Waals surface area contributed by atoms with E-state index in [4.69, 9.17) is 0 Å². The van der Waals surface area contributed by atoms with Crippen molar-refractivity contribution in [3.8, 4) is 11.8 Å². The highest BCUT2D eigenvalue weighted by atomic mass is 14.1. The molecule has 4 aromatic rings.